The lowest BCUT2D eigenvalue weighted by Gasteiger charge is -2.04. The highest BCUT2D eigenvalue weighted by Crippen LogP contribution is 2.04. The molecule has 1 aromatic carbocycles. The predicted octanol–water partition coefficient (Wildman–Crippen LogP) is -1.79. The standard InChI is InChI=1S/C6H6O3S.C2H2O4.3H3N/c7-10(8,9)6-4-2-1-3-5-6;3-1(4)2(5)6;;;/h1-5H,(H,7,8,9);(H,3,4)(H,5,6);3*1H3. The molecule has 0 heterocycles. The van der Waals surface area contributed by atoms with Crippen LogP contribution in [0.2, 0.25) is 0 Å². The van der Waals surface area contributed by atoms with Gasteiger partial charge in [-0.3, -0.25) is 0 Å². The summed E-state index contributed by atoms with van der Waals surface area (Å²) < 4.78 is 30.8. The minimum absolute atomic E-state index is 0. The Labute approximate surface area is 109 Å². The van der Waals surface area contributed by atoms with Crippen molar-refractivity contribution >= 4 is 22.1 Å². The number of carboxylic acid groups (broad SMARTS) is 2. The first-order valence-electron chi connectivity index (χ1n) is 3.68. The lowest BCUT2D eigenvalue weighted by molar-refractivity contribution is -0.345. The topological polar surface area (TPSA) is 247 Å². The van der Waals surface area contributed by atoms with Gasteiger partial charge in [-0.25, -0.2) is 8.42 Å². The molecular weight excluding hydrogens is 282 g/mol. The maximum Gasteiger partial charge on any atom is 0.124 e. The van der Waals surface area contributed by atoms with Crippen molar-refractivity contribution in [2.24, 2.45) is 0 Å². The molecule has 12 N–H and O–H groups in total. The van der Waals surface area contributed by atoms with E-state index in [1.165, 1.54) is 24.3 Å². The first-order chi connectivity index (χ1) is 7.25. The third-order valence-corrected chi connectivity index (χ3v) is 2.05. The minimum Gasteiger partial charge on any atom is -0.744 e. The van der Waals surface area contributed by atoms with E-state index in [1.807, 2.05) is 0 Å². The summed E-state index contributed by atoms with van der Waals surface area (Å²) in [5.74, 6) is -4.37. The molecule has 0 radical (unpaired) electrons. The first-order valence-corrected chi connectivity index (χ1v) is 5.09. The Morgan fingerprint density at radius 2 is 1.16 bits per heavy atom. The highest BCUT2D eigenvalue weighted by Gasteiger charge is 1.95. The average Bonchev–Trinajstić information content (AvgIpc) is 2.18. The zero-order chi connectivity index (χ0) is 12.8. The van der Waals surface area contributed by atoms with Crippen LogP contribution in [0.1, 0.15) is 0 Å². The van der Waals surface area contributed by atoms with Gasteiger partial charge in [-0.2, -0.15) is 0 Å². The van der Waals surface area contributed by atoms with Gasteiger partial charge in [0.2, 0.25) is 0 Å². The van der Waals surface area contributed by atoms with E-state index < -0.39 is 22.1 Å². The lowest BCUT2D eigenvalue weighted by Crippen LogP contribution is -2.42. The zero-order valence-electron chi connectivity index (χ0n) is 10.7. The van der Waals surface area contributed by atoms with Crippen molar-refractivity contribution in [2.45, 2.75) is 4.90 Å². The molecule has 0 aromatic heterocycles. The molecule has 0 aliphatic rings. The molecule has 19 heavy (non-hydrogen) atoms. The maximum absolute atomic E-state index is 10.3. The molecule has 10 nitrogen and oxygen atoms in total. The number of quaternary nitrogens is 3. The van der Waals surface area contributed by atoms with Crippen LogP contribution in [0.5, 0.6) is 0 Å². The van der Waals surface area contributed by atoms with Gasteiger partial charge >= 0.3 is 0 Å². The van der Waals surface area contributed by atoms with Crippen molar-refractivity contribution in [2.75, 3.05) is 0 Å². The predicted molar refractivity (Wildman–Crippen MR) is 62.4 cm³/mol. The summed E-state index contributed by atoms with van der Waals surface area (Å²) in [6, 6.07) is 7.19. The summed E-state index contributed by atoms with van der Waals surface area (Å²) >= 11 is 0. The van der Waals surface area contributed by atoms with Crippen LogP contribution in [0.15, 0.2) is 35.2 Å². The molecule has 112 valence electrons. The number of benzene rings is 1. The van der Waals surface area contributed by atoms with Crippen LogP contribution < -0.4 is 28.7 Å². The molecule has 0 aliphatic heterocycles. The van der Waals surface area contributed by atoms with E-state index in [0.717, 1.165) is 0 Å². The largest absolute Gasteiger partial charge is 0.744 e. The van der Waals surface area contributed by atoms with Gasteiger partial charge in [0, 0.05) is 0 Å². The fourth-order valence-corrected chi connectivity index (χ4v) is 1.08. The van der Waals surface area contributed by atoms with Gasteiger partial charge in [0.05, 0.1) is 16.8 Å². The van der Waals surface area contributed by atoms with Gasteiger partial charge in [-0.1, -0.05) is 18.2 Å². The van der Waals surface area contributed by atoms with Crippen LogP contribution in [0.3, 0.4) is 0 Å². The molecule has 1 aromatic rings. The van der Waals surface area contributed by atoms with Crippen LogP contribution in [0, 0.1) is 0 Å². The van der Waals surface area contributed by atoms with E-state index in [4.69, 9.17) is 19.8 Å². The van der Waals surface area contributed by atoms with Gasteiger partial charge in [0.25, 0.3) is 0 Å². The van der Waals surface area contributed by atoms with E-state index in [-0.39, 0.29) is 23.3 Å². The molecule has 0 unspecified atom stereocenters. The van der Waals surface area contributed by atoms with E-state index in [0.29, 0.717) is 0 Å². The second-order valence-corrected chi connectivity index (χ2v) is 3.72. The van der Waals surface area contributed by atoms with Crippen LogP contribution >= 0.6 is 0 Å². The Morgan fingerprint density at radius 3 is 1.32 bits per heavy atom. The van der Waals surface area contributed by atoms with Crippen molar-refractivity contribution in [3.05, 3.63) is 30.3 Å². The van der Waals surface area contributed by atoms with E-state index >= 15 is 0 Å². The molecule has 0 atom stereocenters. The minimum atomic E-state index is -4.25. The Morgan fingerprint density at radius 1 is 0.842 bits per heavy atom. The van der Waals surface area contributed by atoms with Crippen LogP contribution in [0.4, 0.5) is 0 Å². The average molecular weight is 299 g/mol. The molecular formula is C8H17N3O7S. The Balaban J connectivity index is -0.000000112. The van der Waals surface area contributed by atoms with Gasteiger partial charge in [-0.15, -0.1) is 0 Å². The summed E-state index contributed by atoms with van der Waals surface area (Å²) in [6.45, 7) is 0. The number of hydrogen-bond donors (Lipinski definition) is 3. The zero-order valence-corrected chi connectivity index (χ0v) is 11.5. The summed E-state index contributed by atoms with van der Waals surface area (Å²) in [5, 5.41) is 17.9. The number of carboxylic acids is 2. The third-order valence-electron chi connectivity index (χ3n) is 1.20. The van der Waals surface area contributed by atoms with Gasteiger partial charge in [0.15, 0.2) is 0 Å². The van der Waals surface area contributed by atoms with Crippen molar-refractivity contribution < 1.29 is 32.8 Å². The quantitative estimate of drug-likeness (QED) is 0.395. The van der Waals surface area contributed by atoms with Crippen molar-refractivity contribution in [1.82, 2.24) is 18.5 Å². The fourth-order valence-electron chi connectivity index (χ4n) is 0.587. The van der Waals surface area contributed by atoms with Gasteiger partial charge in [0.1, 0.15) is 10.1 Å². The third kappa shape index (κ3) is 12.2. The lowest BCUT2D eigenvalue weighted by atomic mass is 10.4. The summed E-state index contributed by atoms with van der Waals surface area (Å²) in [4.78, 5) is 17.7. The Hall–Kier alpha value is -2.05. The normalized spacial score (nSPS) is 8.26. The van der Waals surface area contributed by atoms with Crippen molar-refractivity contribution in [1.29, 1.82) is 0 Å². The maximum atomic E-state index is 10.3. The van der Waals surface area contributed by atoms with Crippen LogP contribution in [0.25, 0.3) is 0 Å². The van der Waals surface area contributed by atoms with E-state index in [2.05, 4.69) is 0 Å². The number of carbonyl (C=O) groups excluding carboxylic acids is 2. The fraction of sp³-hybridized carbons (Fsp3) is 0. The highest BCUT2D eigenvalue weighted by atomic mass is 32.2. The molecule has 0 amide bonds. The Bertz CT molecular complexity index is 462. The number of aliphatic carboxylic acids is 2. The molecule has 0 fully saturated rings. The highest BCUT2D eigenvalue weighted by molar-refractivity contribution is 7.85. The molecule has 0 bridgehead atoms. The number of hydrogen-bond acceptors (Lipinski definition) is 7. The second kappa shape index (κ2) is 11.1. The molecule has 11 heteroatoms. The first kappa shape index (κ1) is 25.7. The van der Waals surface area contributed by atoms with Crippen LogP contribution in [-0.2, 0) is 19.7 Å². The van der Waals surface area contributed by atoms with Crippen molar-refractivity contribution in [3.63, 3.8) is 0 Å². The monoisotopic (exact) mass is 299 g/mol. The number of carbonyl (C=O) groups is 2. The summed E-state index contributed by atoms with van der Waals surface area (Å²) in [7, 11) is -4.25. The molecule has 0 aliphatic carbocycles. The second-order valence-electron chi connectivity index (χ2n) is 2.34. The SMILES string of the molecule is O=C([O-])C(=O)[O-].O=S(=O)([O-])c1ccccc1.[NH4+].[NH4+].[NH4+]. The molecule has 0 saturated heterocycles. The van der Waals surface area contributed by atoms with E-state index in [9.17, 15) is 13.0 Å². The Kier molecular flexibility index (Phi) is 15.0. The van der Waals surface area contributed by atoms with Crippen LogP contribution in [-0.4, -0.2) is 24.9 Å². The van der Waals surface area contributed by atoms with Crippen molar-refractivity contribution in [3.8, 4) is 0 Å². The number of rotatable bonds is 1. The van der Waals surface area contributed by atoms with E-state index in [1.54, 1.807) is 6.07 Å². The smallest absolute Gasteiger partial charge is 0.124 e. The van der Waals surface area contributed by atoms with Gasteiger partial charge < -0.3 is 42.8 Å². The summed E-state index contributed by atoms with van der Waals surface area (Å²) in [5.41, 5.74) is 0. The molecule has 1 rings (SSSR count). The van der Waals surface area contributed by atoms with Gasteiger partial charge in [-0.05, 0) is 12.1 Å². The molecule has 0 spiro atoms. The summed E-state index contributed by atoms with van der Waals surface area (Å²) in [6.07, 6.45) is 0. The molecule has 0 saturated carbocycles.